The lowest BCUT2D eigenvalue weighted by atomic mass is 10.1. The maximum absolute atomic E-state index is 12.7. The summed E-state index contributed by atoms with van der Waals surface area (Å²) in [6.45, 7) is 0. The lowest BCUT2D eigenvalue weighted by Gasteiger charge is -2.10. The number of aromatic nitrogens is 2. The molecule has 0 unspecified atom stereocenters. The molecule has 1 amide bonds. The van der Waals surface area contributed by atoms with E-state index in [0.717, 1.165) is 11.1 Å². The van der Waals surface area contributed by atoms with E-state index in [1.54, 1.807) is 48.8 Å². The molecule has 0 bridgehead atoms. The Labute approximate surface area is 160 Å². The summed E-state index contributed by atoms with van der Waals surface area (Å²) in [5.41, 5.74) is 3.12. The summed E-state index contributed by atoms with van der Waals surface area (Å²) in [6.07, 6.45) is 3.28. The zero-order valence-corrected chi connectivity index (χ0v) is 15.3. The van der Waals surface area contributed by atoms with Gasteiger partial charge >= 0.3 is 0 Å². The summed E-state index contributed by atoms with van der Waals surface area (Å²) in [5, 5.41) is 2.87. The molecule has 28 heavy (non-hydrogen) atoms. The molecule has 140 valence electrons. The first-order valence-electron chi connectivity index (χ1n) is 8.51. The van der Waals surface area contributed by atoms with Gasteiger partial charge < -0.3 is 19.2 Å². The van der Waals surface area contributed by atoms with Crippen LogP contribution < -0.4 is 14.8 Å². The number of rotatable bonds is 5. The molecule has 0 aliphatic rings. The lowest BCUT2D eigenvalue weighted by Crippen LogP contribution is -2.12. The standard InChI is InChI=1S/C21H17N3O4/c1-26-16-9-14(10-17(11-16)27-2)20(25)23-15-5-3-4-13(8-15)21-24-18-6-7-22-12-19(18)28-21/h3-12H,1-2H3,(H,23,25). The molecule has 0 fully saturated rings. The van der Waals surface area contributed by atoms with Gasteiger partial charge in [-0.2, -0.15) is 0 Å². The Bertz CT molecular complexity index is 1100. The number of amides is 1. The Morgan fingerprint density at radius 2 is 1.82 bits per heavy atom. The molecule has 4 rings (SSSR count). The molecule has 1 N–H and O–H groups in total. The Morgan fingerprint density at radius 3 is 2.54 bits per heavy atom. The zero-order chi connectivity index (χ0) is 19.5. The molecule has 0 atom stereocenters. The van der Waals surface area contributed by atoms with Crippen molar-refractivity contribution in [3.8, 4) is 23.0 Å². The monoisotopic (exact) mass is 375 g/mol. The van der Waals surface area contributed by atoms with E-state index in [1.165, 1.54) is 14.2 Å². The average molecular weight is 375 g/mol. The van der Waals surface area contributed by atoms with E-state index >= 15 is 0 Å². The van der Waals surface area contributed by atoms with Crippen molar-refractivity contribution in [2.24, 2.45) is 0 Å². The van der Waals surface area contributed by atoms with Crippen LogP contribution in [0.25, 0.3) is 22.6 Å². The number of benzene rings is 2. The molecular formula is C21H17N3O4. The molecule has 0 aliphatic carbocycles. The maximum atomic E-state index is 12.7. The minimum Gasteiger partial charge on any atom is -0.497 e. The van der Waals surface area contributed by atoms with E-state index in [4.69, 9.17) is 13.9 Å². The number of nitrogens with zero attached hydrogens (tertiary/aromatic N) is 2. The normalized spacial score (nSPS) is 10.6. The highest BCUT2D eigenvalue weighted by Crippen LogP contribution is 2.27. The molecule has 0 aliphatic heterocycles. The molecule has 7 nitrogen and oxygen atoms in total. The summed E-state index contributed by atoms with van der Waals surface area (Å²) in [4.78, 5) is 21.2. The van der Waals surface area contributed by atoms with Crippen molar-refractivity contribution in [2.75, 3.05) is 19.5 Å². The summed E-state index contributed by atoms with van der Waals surface area (Å²) in [5.74, 6) is 1.26. The topological polar surface area (TPSA) is 86.5 Å². The van der Waals surface area contributed by atoms with Gasteiger partial charge in [-0.05, 0) is 36.4 Å². The molecule has 0 radical (unpaired) electrons. The van der Waals surface area contributed by atoms with Gasteiger partial charge in [0.25, 0.3) is 5.91 Å². The zero-order valence-electron chi connectivity index (χ0n) is 15.3. The van der Waals surface area contributed by atoms with E-state index < -0.39 is 0 Å². The minimum absolute atomic E-state index is 0.281. The van der Waals surface area contributed by atoms with Crippen LogP contribution in [0.5, 0.6) is 11.5 Å². The number of oxazole rings is 1. The van der Waals surface area contributed by atoms with Crippen molar-refractivity contribution < 1.29 is 18.7 Å². The van der Waals surface area contributed by atoms with Crippen molar-refractivity contribution in [3.63, 3.8) is 0 Å². The van der Waals surface area contributed by atoms with Gasteiger partial charge in [0.1, 0.15) is 17.0 Å². The van der Waals surface area contributed by atoms with Crippen LogP contribution in [-0.2, 0) is 0 Å². The first-order chi connectivity index (χ1) is 13.7. The van der Waals surface area contributed by atoms with Crippen molar-refractivity contribution in [1.82, 2.24) is 9.97 Å². The number of nitrogens with one attached hydrogen (secondary N) is 1. The number of anilines is 1. The Morgan fingerprint density at radius 1 is 1.04 bits per heavy atom. The molecule has 0 spiro atoms. The van der Waals surface area contributed by atoms with Gasteiger partial charge in [-0.25, -0.2) is 4.98 Å². The van der Waals surface area contributed by atoms with Crippen LogP contribution in [-0.4, -0.2) is 30.1 Å². The average Bonchev–Trinajstić information content (AvgIpc) is 3.18. The third-order valence-electron chi connectivity index (χ3n) is 4.17. The Kier molecular flexibility index (Phi) is 4.63. The van der Waals surface area contributed by atoms with Crippen molar-refractivity contribution in [1.29, 1.82) is 0 Å². The Hall–Kier alpha value is -3.87. The molecule has 4 aromatic rings. The molecule has 2 heterocycles. The van der Waals surface area contributed by atoms with E-state index in [0.29, 0.717) is 34.2 Å². The molecular weight excluding hydrogens is 358 g/mol. The number of methoxy groups -OCH3 is 2. The maximum Gasteiger partial charge on any atom is 0.255 e. The molecule has 0 saturated carbocycles. The van der Waals surface area contributed by atoms with Gasteiger partial charge in [0.05, 0.1) is 20.4 Å². The second-order valence-electron chi connectivity index (χ2n) is 6.00. The lowest BCUT2D eigenvalue weighted by molar-refractivity contribution is 0.102. The van der Waals surface area contributed by atoms with Crippen LogP contribution in [0.2, 0.25) is 0 Å². The minimum atomic E-state index is -0.281. The summed E-state index contributed by atoms with van der Waals surface area (Å²) in [6, 6.07) is 14.1. The van der Waals surface area contributed by atoms with Crippen LogP contribution in [0.15, 0.2) is 65.3 Å². The first-order valence-corrected chi connectivity index (χ1v) is 8.51. The van der Waals surface area contributed by atoms with Gasteiger partial charge in [0.2, 0.25) is 5.89 Å². The number of hydrogen-bond donors (Lipinski definition) is 1. The highest BCUT2D eigenvalue weighted by atomic mass is 16.5. The summed E-state index contributed by atoms with van der Waals surface area (Å²) < 4.78 is 16.2. The quantitative estimate of drug-likeness (QED) is 0.564. The second-order valence-corrected chi connectivity index (χ2v) is 6.00. The van der Waals surface area contributed by atoms with Crippen molar-refractivity contribution in [2.45, 2.75) is 0 Å². The fourth-order valence-electron chi connectivity index (χ4n) is 2.78. The SMILES string of the molecule is COc1cc(OC)cc(C(=O)Nc2cccc(-c3nc4ccncc4o3)c2)c1. The van der Waals surface area contributed by atoms with Gasteiger partial charge in [0, 0.05) is 29.1 Å². The smallest absolute Gasteiger partial charge is 0.255 e. The van der Waals surface area contributed by atoms with E-state index in [1.807, 2.05) is 12.1 Å². The fraction of sp³-hybridized carbons (Fsp3) is 0.0952. The first kappa shape index (κ1) is 17.5. The van der Waals surface area contributed by atoms with Gasteiger partial charge in [0.15, 0.2) is 5.58 Å². The molecule has 2 aromatic heterocycles. The second kappa shape index (κ2) is 7.40. The number of carbonyl (C=O) groups excluding carboxylic acids is 1. The summed E-state index contributed by atoms with van der Waals surface area (Å²) >= 11 is 0. The number of hydrogen-bond acceptors (Lipinski definition) is 6. The van der Waals surface area contributed by atoms with Crippen LogP contribution in [0, 0.1) is 0 Å². The van der Waals surface area contributed by atoms with Crippen LogP contribution in [0.4, 0.5) is 5.69 Å². The van der Waals surface area contributed by atoms with E-state index in [9.17, 15) is 4.79 Å². The number of fused-ring (bicyclic) bond motifs is 1. The third kappa shape index (κ3) is 3.50. The predicted molar refractivity (Wildman–Crippen MR) is 105 cm³/mol. The molecule has 2 aromatic carbocycles. The van der Waals surface area contributed by atoms with Crippen molar-refractivity contribution >= 4 is 22.7 Å². The number of carbonyl (C=O) groups is 1. The molecule has 7 heteroatoms. The van der Waals surface area contributed by atoms with Crippen molar-refractivity contribution in [3.05, 3.63) is 66.5 Å². The van der Waals surface area contributed by atoms with Gasteiger partial charge in [-0.1, -0.05) is 6.07 Å². The van der Waals surface area contributed by atoms with Crippen LogP contribution in [0.3, 0.4) is 0 Å². The molecule has 0 saturated heterocycles. The largest absolute Gasteiger partial charge is 0.497 e. The number of ether oxygens (including phenoxy) is 2. The van der Waals surface area contributed by atoms with Crippen LogP contribution in [0.1, 0.15) is 10.4 Å². The Balaban J connectivity index is 1.60. The van der Waals surface area contributed by atoms with Gasteiger partial charge in [-0.15, -0.1) is 0 Å². The highest BCUT2D eigenvalue weighted by molar-refractivity contribution is 6.05. The summed E-state index contributed by atoms with van der Waals surface area (Å²) in [7, 11) is 3.07. The third-order valence-corrected chi connectivity index (χ3v) is 4.17. The van der Waals surface area contributed by atoms with Gasteiger partial charge in [-0.3, -0.25) is 9.78 Å². The van der Waals surface area contributed by atoms with E-state index in [2.05, 4.69) is 15.3 Å². The highest BCUT2D eigenvalue weighted by Gasteiger charge is 2.12. The van der Waals surface area contributed by atoms with E-state index in [-0.39, 0.29) is 5.91 Å². The number of pyridine rings is 1. The van der Waals surface area contributed by atoms with Crippen LogP contribution >= 0.6 is 0 Å². The fourth-order valence-corrected chi connectivity index (χ4v) is 2.78. The predicted octanol–water partition coefficient (Wildman–Crippen LogP) is 4.16.